The van der Waals surface area contributed by atoms with Crippen LogP contribution in [0.5, 0.6) is 0 Å². The predicted octanol–water partition coefficient (Wildman–Crippen LogP) is 3.93. The van der Waals surface area contributed by atoms with Gasteiger partial charge in [0.1, 0.15) is 5.60 Å². The highest BCUT2D eigenvalue weighted by molar-refractivity contribution is 6.30. The molecule has 1 aromatic heterocycles. The highest BCUT2D eigenvalue weighted by atomic mass is 35.5. The number of hydrogen-bond acceptors (Lipinski definition) is 4. The lowest BCUT2D eigenvalue weighted by molar-refractivity contribution is 0.0215. The zero-order valence-corrected chi connectivity index (χ0v) is 14.2. The Morgan fingerprint density at radius 2 is 2.18 bits per heavy atom. The van der Waals surface area contributed by atoms with Gasteiger partial charge in [0.25, 0.3) is 0 Å². The van der Waals surface area contributed by atoms with E-state index >= 15 is 0 Å². The van der Waals surface area contributed by atoms with Crippen LogP contribution in [0.2, 0.25) is 5.02 Å². The molecule has 0 aliphatic heterocycles. The van der Waals surface area contributed by atoms with E-state index in [4.69, 9.17) is 16.3 Å². The van der Waals surface area contributed by atoms with E-state index in [1.165, 1.54) is 6.20 Å². The van der Waals surface area contributed by atoms with Crippen molar-refractivity contribution in [3.8, 4) is 0 Å². The average molecular weight is 324 g/mol. The molecule has 1 heterocycles. The van der Waals surface area contributed by atoms with Crippen LogP contribution in [0.25, 0.3) is 5.57 Å². The number of aromatic nitrogens is 2. The van der Waals surface area contributed by atoms with Crippen LogP contribution < -0.4 is 0 Å². The highest BCUT2D eigenvalue weighted by Crippen LogP contribution is 2.29. The molecule has 2 rings (SSSR count). The quantitative estimate of drug-likeness (QED) is 0.827. The van der Waals surface area contributed by atoms with Gasteiger partial charge < -0.3 is 9.64 Å². The Labute approximate surface area is 136 Å². The number of nitrogens with zero attached hydrogens (tertiary/aromatic N) is 3. The largest absolute Gasteiger partial charge is 0.444 e. The maximum atomic E-state index is 12.1. The minimum absolute atomic E-state index is 0.144. The predicted molar refractivity (Wildman–Crippen MR) is 86.7 cm³/mol. The van der Waals surface area contributed by atoms with Crippen molar-refractivity contribution in [1.29, 1.82) is 0 Å². The van der Waals surface area contributed by atoms with Crippen LogP contribution in [-0.4, -0.2) is 39.9 Å². The molecule has 1 unspecified atom stereocenters. The van der Waals surface area contributed by atoms with Gasteiger partial charge in [0.15, 0.2) is 0 Å². The third-order valence-corrected chi connectivity index (χ3v) is 3.77. The van der Waals surface area contributed by atoms with Crippen molar-refractivity contribution in [2.75, 3.05) is 7.05 Å². The minimum atomic E-state index is -0.475. The van der Waals surface area contributed by atoms with Gasteiger partial charge in [-0.3, -0.25) is 0 Å². The second-order valence-electron chi connectivity index (χ2n) is 6.51. The monoisotopic (exact) mass is 323 g/mol. The summed E-state index contributed by atoms with van der Waals surface area (Å²) >= 11 is 5.95. The Morgan fingerprint density at radius 3 is 2.73 bits per heavy atom. The van der Waals surface area contributed by atoms with E-state index in [0.717, 1.165) is 30.5 Å². The molecule has 1 aliphatic rings. The Morgan fingerprint density at radius 1 is 1.45 bits per heavy atom. The third-order valence-electron chi connectivity index (χ3n) is 3.56. The van der Waals surface area contributed by atoms with E-state index in [-0.39, 0.29) is 12.1 Å². The van der Waals surface area contributed by atoms with Gasteiger partial charge in [-0.2, -0.15) is 10.2 Å². The van der Waals surface area contributed by atoms with E-state index in [2.05, 4.69) is 16.3 Å². The smallest absolute Gasteiger partial charge is 0.410 e. The molecule has 1 atom stereocenters. The minimum Gasteiger partial charge on any atom is -0.444 e. The molecule has 1 amide bonds. The number of hydrogen-bond donors (Lipinski definition) is 0. The molecule has 5 nitrogen and oxygen atoms in total. The number of allylic oxidation sites excluding steroid dienone is 1. The van der Waals surface area contributed by atoms with Gasteiger partial charge in [0.05, 0.1) is 16.9 Å². The number of halogens is 1. The first-order valence-corrected chi connectivity index (χ1v) is 7.77. The maximum absolute atomic E-state index is 12.1. The van der Waals surface area contributed by atoms with Crippen LogP contribution in [0.1, 0.15) is 45.7 Å². The van der Waals surface area contributed by atoms with E-state index in [1.807, 2.05) is 26.8 Å². The molecule has 1 aliphatic carbocycles. The number of carbonyl (C=O) groups is 1. The zero-order valence-electron chi connectivity index (χ0n) is 13.5. The van der Waals surface area contributed by atoms with Gasteiger partial charge in [0, 0.05) is 13.1 Å². The van der Waals surface area contributed by atoms with Crippen molar-refractivity contribution in [2.45, 2.75) is 51.7 Å². The van der Waals surface area contributed by atoms with Crippen LogP contribution in [0.15, 0.2) is 18.3 Å². The first-order valence-electron chi connectivity index (χ1n) is 7.40. The normalized spacial score (nSPS) is 18.6. The molecule has 0 N–H and O–H groups in total. The Bertz CT molecular complexity index is 581. The van der Waals surface area contributed by atoms with Crippen LogP contribution in [0.4, 0.5) is 4.79 Å². The molecular weight excluding hydrogens is 302 g/mol. The summed E-state index contributed by atoms with van der Waals surface area (Å²) in [6, 6.07) is 1.96. The van der Waals surface area contributed by atoms with Crippen molar-refractivity contribution in [2.24, 2.45) is 0 Å². The summed E-state index contributed by atoms with van der Waals surface area (Å²) in [4.78, 5) is 13.8. The summed E-state index contributed by atoms with van der Waals surface area (Å²) < 4.78 is 5.41. The Kier molecular flexibility index (Phi) is 5.06. The fraction of sp³-hybridized carbons (Fsp3) is 0.562. The van der Waals surface area contributed by atoms with Crippen molar-refractivity contribution >= 4 is 23.3 Å². The van der Waals surface area contributed by atoms with E-state index in [0.29, 0.717) is 5.02 Å². The highest BCUT2D eigenvalue weighted by Gasteiger charge is 2.27. The molecule has 0 bridgehead atoms. The van der Waals surface area contributed by atoms with E-state index in [1.54, 1.807) is 11.9 Å². The fourth-order valence-corrected chi connectivity index (χ4v) is 2.53. The molecule has 0 saturated carbocycles. The van der Waals surface area contributed by atoms with Gasteiger partial charge in [-0.25, -0.2) is 4.79 Å². The molecule has 6 heteroatoms. The summed E-state index contributed by atoms with van der Waals surface area (Å²) in [6.45, 7) is 5.61. The molecule has 0 radical (unpaired) electrons. The van der Waals surface area contributed by atoms with Crippen molar-refractivity contribution in [1.82, 2.24) is 15.1 Å². The van der Waals surface area contributed by atoms with Crippen LogP contribution >= 0.6 is 11.6 Å². The lowest BCUT2D eigenvalue weighted by atomic mass is 9.92. The number of rotatable bonds is 2. The number of carbonyl (C=O) groups excluding carboxylic acids is 1. The summed E-state index contributed by atoms with van der Waals surface area (Å²) in [5, 5.41) is 8.57. The molecule has 120 valence electrons. The van der Waals surface area contributed by atoms with Crippen LogP contribution in [0.3, 0.4) is 0 Å². The summed E-state index contributed by atoms with van der Waals surface area (Å²) in [6.07, 6.45) is 5.84. The number of ether oxygens (including phenoxy) is 1. The van der Waals surface area contributed by atoms with Gasteiger partial charge in [0.2, 0.25) is 0 Å². The third kappa shape index (κ3) is 4.44. The van der Waals surface area contributed by atoms with Gasteiger partial charge in [-0.15, -0.1) is 0 Å². The Balaban J connectivity index is 2.00. The summed E-state index contributed by atoms with van der Waals surface area (Å²) in [5.41, 5.74) is 1.46. The summed E-state index contributed by atoms with van der Waals surface area (Å²) in [7, 11) is 1.79. The van der Waals surface area contributed by atoms with Gasteiger partial charge in [-0.05, 0) is 51.7 Å². The second-order valence-corrected chi connectivity index (χ2v) is 6.94. The maximum Gasteiger partial charge on any atom is 0.410 e. The molecular formula is C16H22ClN3O2. The van der Waals surface area contributed by atoms with Crippen molar-refractivity contribution in [3.05, 3.63) is 29.1 Å². The zero-order chi connectivity index (χ0) is 16.3. The molecule has 0 fully saturated rings. The second kappa shape index (κ2) is 6.65. The number of amides is 1. The molecule has 0 spiro atoms. The summed E-state index contributed by atoms with van der Waals surface area (Å²) in [5.74, 6) is 0. The Hall–Kier alpha value is -1.62. The van der Waals surface area contributed by atoms with Gasteiger partial charge in [-0.1, -0.05) is 17.7 Å². The molecule has 22 heavy (non-hydrogen) atoms. The SMILES string of the molecule is CN(C(=O)OC(C)(C)C)C1CC=C(c2cc(Cl)cnn2)CC1. The standard InChI is InChI=1S/C16H22ClN3O2/c1-16(2,3)22-15(21)20(4)13-7-5-11(6-8-13)14-9-12(17)10-18-19-14/h5,9-10,13H,6-8H2,1-4H3. The molecule has 0 saturated heterocycles. The van der Waals surface area contributed by atoms with E-state index in [9.17, 15) is 4.79 Å². The topological polar surface area (TPSA) is 55.3 Å². The van der Waals surface area contributed by atoms with Crippen LogP contribution in [-0.2, 0) is 4.74 Å². The van der Waals surface area contributed by atoms with E-state index < -0.39 is 5.60 Å². The average Bonchev–Trinajstić information content (AvgIpc) is 2.45. The van der Waals surface area contributed by atoms with Crippen molar-refractivity contribution in [3.63, 3.8) is 0 Å². The lowest BCUT2D eigenvalue weighted by Crippen LogP contribution is -2.41. The molecule has 0 aromatic carbocycles. The fourth-order valence-electron chi connectivity index (χ4n) is 2.39. The lowest BCUT2D eigenvalue weighted by Gasteiger charge is -2.32. The first kappa shape index (κ1) is 16.7. The van der Waals surface area contributed by atoms with Gasteiger partial charge >= 0.3 is 6.09 Å². The first-order chi connectivity index (χ1) is 10.3. The molecule has 1 aromatic rings. The van der Waals surface area contributed by atoms with Crippen molar-refractivity contribution < 1.29 is 9.53 Å². The van der Waals surface area contributed by atoms with Crippen LogP contribution in [0, 0.1) is 0 Å².